The van der Waals surface area contributed by atoms with Crippen molar-refractivity contribution in [1.82, 2.24) is 0 Å². The maximum Gasteiger partial charge on any atom is 0.134 e. The molecule has 0 saturated carbocycles. The molecule has 0 bridgehead atoms. The van der Waals surface area contributed by atoms with Crippen LogP contribution in [0.4, 0.5) is 0 Å². The first-order valence-electron chi connectivity index (χ1n) is 13.1. The number of allylic oxidation sites excluding steroid dienone is 8. The molecule has 0 unspecified atom stereocenters. The highest BCUT2D eigenvalue weighted by Gasteiger charge is 2.43. The minimum atomic E-state index is -0.618. The van der Waals surface area contributed by atoms with Crippen LogP contribution in [-0.4, -0.2) is 6.29 Å². The van der Waals surface area contributed by atoms with Crippen molar-refractivity contribution in [3.63, 3.8) is 0 Å². The second-order valence-electron chi connectivity index (χ2n) is 9.08. The summed E-state index contributed by atoms with van der Waals surface area (Å²) in [4.78, 5) is 12.4. The van der Waals surface area contributed by atoms with Crippen molar-refractivity contribution in [1.29, 1.82) is 0 Å². The molecule has 0 atom stereocenters. The van der Waals surface area contributed by atoms with Crippen molar-refractivity contribution in [3.8, 4) is 0 Å². The van der Waals surface area contributed by atoms with Crippen molar-refractivity contribution >= 4 is 6.29 Å². The molecular formula is C30H52O. The third-order valence-electron chi connectivity index (χ3n) is 6.51. The van der Waals surface area contributed by atoms with Gasteiger partial charge in [-0.05, 0) is 34.1 Å². The van der Waals surface area contributed by atoms with E-state index in [1.165, 1.54) is 77.0 Å². The average Bonchev–Trinajstić information content (AvgIpc) is 2.76. The van der Waals surface area contributed by atoms with Crippen molar-refractivity contribution in [2.75, 3.05) is 0 Å². The number of rotatable bonds is 20. The van der Waals surface area contributed by atoms with E-state index >= 15 is 0 Å². The molecule has 0 aliphatic carbocycles. The number of carbonyl (C=O) groups excluding carboxylic acids is 1. The van der Waals surface area contributed by atoms with Gasteiger partial charge < -0.3 is 4.79 Å². The van der Waals surface area contributed by atoms with E-state index in [2.05, 4.69) is 57.2 Å². The zero-order chi connectivity index (χ0) is 23.3. The first kappa shape index (κ1) is 29.6. The zero-order valence-corrected chi connectivity index (χ0v) is 21.5. The van der Waals surface area contributed by atoms with E-state index in [4.69, 9.17) is 0 Å². The van der Waals surface area contributed by atoms with E-state index in [9.17, 15) is 4.79 Å². The lowest BCUT2D eigenvalue weighted by molar-refractivity contribution is -0.115. The SMILES string of the molecule is CC=CC(C=O)(C=CC)C(C=CC)(C=CC)CCCCCCCCCCCCCCC. The fraction of sp³-hybridized carbons (Fsp3) is 0.700. The maximum absolute atomic E-state index is 12.4. The van der Waals surface area contributed by atoms with Crippen molar-refractivity contribution in [3.05, 3.63) is 48.6 Å². The maximum atomic E-state index is 12.4. The average molecular weight is 429 g/mol. The summed E-state index contributed by atoms with van der Waals surface area (Å²) in [6.07, 6.45) is 36.6. The van der Waals surface area contributed by atoms with Crippen LogP contribution in [0.1, 0.15) is 125 Å². The molecule has 0 aliphatic rings. The van der Waals surface area contributed by atoms with Crippen LogP contribution in [-0.2, 0) is 4.79 Å². The minimum absolute atomic E-state index is 0.297. The van der Waals surface area contributed by atoms with Crippen LogP contribution < -0.4 is 0 Å². The number of hydrogen-bond acceptors (Lipinski definition) is 1. The van der Waals surface area contributed by atoms with Crippen molar-refractivity contribution in [2.45, 2.75) is 125 Å². The highest BCUT2D eigenvalue weighted by Crippen LogP contribution is 2.47. The molecule has 178 valence electrons. The third kappa shape index (κ3) is 11.2. The van der Waals surface area contributed by atoms with Crippen LogP contribution in [0.5, 0.6) is 0 Å². The Morgan fingerprint density at radius 2 is 0.871 bits per heavy atom. The van der Waals surface area contributed by atoms with E-state index in [0.29, 0.717) is 0 Å². The second-order valence-corrected chi connectivity index (χ2v) is 9.08. The normalized spacial score (nSPS) is 16.5. The van der Waals surface area contributed by atoms with Crippen molar-refractivity contribution < 1.29 is 4.79 Å². The van der Waals surface area contributed by atoms with E-state index in [0.717, 1.165) is 19.1 Å². The van der Waals surface area contributed by atoms with Crippen LogP contribution in [0, 0.1) is 10.8 Å². The molecule has 1 nitrogen and oxygen atoms in total. The van der Waals surface area contributed by atoms with Crippen LogP contribution in [0.2, 0.25) is 0 Å². The molecular weight excluding hydrogens is 376 g/mol. The molecule has 0 N–H and O–H groups in total. The first-order valence-corrected chi connectivity index (χ1v) is 13.1. The van der Waals surface area contributed by atoms with Crippen molar-refractivity contribution in [2.24, 2.45) is 10.8 Å². The molecule has 0 aromatic heterocycles. The summed E-state index contributed by atoms with van der Waals surface area (Å²) in [5, 5.41) is 0. The van der Waals surface area contributed by atoms with Gasteiger partial charge in [-0.15, -0.1) is 0 Å². The smallest absolute Gasteiger partial charge is 0.134 e. The molecule has 0 rings (SSSR count). The molecule has 0 saturated heterocycles. The topological polar surface area (TPSA) is 17.1 Å². The third-order valence-corrected chi connectivity index (χ3v) is 6.51. The van der Waals surface area contributed by atoms with Crippen LogP contribution in [0.25, 0.3) is 0 Å². The molecule has 31 heavy (non-hydrogen) atoms. The fourth-order valence-corrected chi connectivity index (χ4v) is 4.86. The Kier molecular flexibility index (Phi) is 18.5. The second kappa shape index (κ2) is 19.3. The predicted molar refractivity (Wildman–Crippen MR) is 140 cm³/mol. The van der Waals surface area contributed by atoms with E-state index in [1.54, 1.807) is 0 Å². The van der Waals surface area contributed by atoms with Gasteiger partial charge in [0.15, 0.2) is 0 Å². The number of aldehydes is 1. The van der Waals surface area contributed by atoms with Crippen LogP contribution in [0.15, 0.2) is 48.6 Å². The fourth-order valence-electron chi connectivity index (χ4n) is 4.86. The van der Waals surface area contributed by atoms with Gasteiger partial charge in [0.05, 0.1) is 5.41 Å². The van der Waals surface area contributed by atoms with Crippen LogP contribution >= 0.6 is 0 Å². The van der Waals surface area contributed by atoms with Crippen LogP contribution in [0.3, 0.4) is 0 Å². The van der Waals surface area contributed by atoms with Gasteiger partial charge in [-0.2, -0.15) is 0 Å². The summed E-state index contributed by atoms with van der Waals surface area (Å²) >= 11 is 0. The standard InChI is InChI=1S/C30H52O/c1-6-11-12-13-14-15-16-17-18-19-20-21-22-27-29(23-7-2,24-8-3)30(28-31,25-9-4)26-10-5/h7-10,23-26,28H,6,11-22,27H2,1-5H3. The summed E-state index contributed by atoms with van der Waals surface area (Å²) in [5.41, 5.74) is -0.915. The van der Waals surface area contributed by atoms with Gasteiger partial charge in [0.2, 0.25) is 0 Å². The summed E-state index contributed by atoms with van der Waals surface area (Å²) in [5.74, 6) is 0. The van der Waals surface area contributed by atoms with Gasteiger partial charge in [-0.3, -0.25) is 0 Å². The highest BCUT2D eigenvalue weighted by atomic mass is 16.1. The zero-order valence-electron chi connectivity index (χ0n) is 21.5. The highest BCUT2D eigenvalue weighted by molar-refractivity contribution is 5.70. The molecule has 0 aromatic carbocycles. The largest absolute Gasteiger partial charge is 0.302 e. The monoisotopic (exact) mass is 428 g/mol. The van der Waals surface area contributed by atoms with Gasteiger partial charge in [0.25, 0.3) is 0 Å². The molecule has 0 fully saturated rings. The Morgan fingerprint density at radius 1 is 0.516 bits per heavy atom. The summed E-state index contributed by atoms with van der Waals surface area (Å²) in [7, 11) is 0. The Morgan fingerprint density at radius 3 is 1.19 bits per heavy atom. The quantitative estimate of drug-likeness (QED) is 0.107. The first-order chi connectivity index (χ1) is 15.1. The van der Waals surface area contributed by atoms with Gasteiger partial charge in [0, 0.05) is 5.41 Å². The number of carbonyl (C=O) groups is 1. The number of unbranched alkanes of at least 4 members (excludes halogenated alkanes) is 12. The Bertz CT molecular complexity index is 511. The summed E-state index contributed by atoms with van der Waals surface area (Å²) < 4.78 is 0. The van der Waals surface area contributed by atoms with Gasteiger partial charge in [-0.25, -0.2) is 0 Å². The summed E-state index contributed by atoms with van der Waals surface area (Å²) in [6.45, 7) is 10.4. The molecule has 0 aliphatic heterocycles. The predicted octanol–water partition coefficient (Wildman–Crippen LogP) is 9.94. The molecule has 0 heterocycles. The van der Waals surface area contributed by atoms with Gasteiger partial charge >= 0.3 is 0 Å². The minimum Gasteiger partial charge on any atom is -0.302 e. The molecule has 0 aromatic rings. The lowest BCUT2D eigenvalue weighted by Crippen LogP contribution is -2.38. The van der Waals surface area contributed by atoms with Gasteiger partial charge in [0.1, 0.15) is 6.29 Å². The van der Waals surface area contributed by atoms with E-state index < -0.39 is 5.41 Å². The molecule has 1 heteroatoms. The Labute approximate surface area is 195 Å². The van der Waals surface area contributed by atoms with E-state index in [-0.39, 0.29) is 5.41 Å². The Hall–Kier alpha value is -1.37. The Balaban J connectivity index is 4.57. The molecule has 0 spiro atoms. The van der Waals surface area contributed by atoms with E-state index in [1.807, 2.05) is 26.0 Å². The lowest BCUT2D eigenvalue weighted by atomic mass is 9.60. The molecule has 0 radical (unpaired) electrons. The lowest BCUT2D eigenvalue weighted by Gasteiger charge is -2.41. The molecule has 0 amide bonds. The van der Waals surface area contributed by atoms with Gasteiger partial charge in [-0.1, -0.05) is 139 Å². The summed E-state index contributed by atoms with van der Waals surface area (Å²) in [6, 6.07) is 0. The number of hydrogen-bond donors (Lipinski definition) is 0.